The lowest BCUT2D eigenvalue weighted by Gasteiger charge is -2.32. The van der Waals surface area contributed by atoms with Gasteiger partial charge in [0.15, 0.2) is 0 Å². The minimum atomic E-state index is -0.765. The molecule has 3 aromatic rings. The van der Waals surface area contributed by atoms with E-state index in [9.17, 15) is 14.4 Å². The van der Waals surface area contributed by atoms with Crippen molar-refractivity contribution < 1.29 is 14.4 Å². The quantitative estimate of drug-likeness (QED) is 0.555. The van der Waals surface area contributed by atoms with Crippen molar-refractivity contribution in [1.82, 2.24) is 10.2 Å². The van der Waals surface area contributed by atoms with E-state index in [4.69, 9.17) is 11.6 Å². The lowest BCUT2D eigenvalue weighted by atomic mass is 10.1. The number of anilines is 1. The highest BCUT2D eigenvalue weighted by Crippen LogP contribution is 2.37. The zero-order valence-electron chi connectivity index (χ0n) is 19.8. The highest BCUT2D eigenvalue weighted by Gasteiger charge is 2.35. The van der Waals surface area contributed by atoms with Crippen molar-refractivity contribution in [3.05, 3.63) is 76.8 Å². The summed E-state index contributed by atoms with van der Waals surface area (Å²) < 4.78 is 0. The molecule has 0 fully saturated rings. The van der Waals surface area contributed by atoms with E-state index in [0.29, 0.717) is 16.3 Å². The molecule has 1 aliphatic rings. The average molecular weight is 478 g/mol. The number of hydrogen-bond acceptors (Lipinski definition) is 3. The van der Waals surface area contributed by atoms with Crippen molar-refractivity contribution in [3.8, 4) is 0 Å². The second kappa shape index (κ2) is 9.11. The second-order valence-electron chi connectivity index (χ2n) is 9.60. The normalized spacial score (nSPS) is 13.8. The van der Waals surface area contributed by atoms with Gasteiger partial charge in [-0.15, -0.1) is 0 Å². The minimum absolute atomic E-state index is 0.149. The highest BCUT2D eigenvalue weighted by molar-refractivity contribution is 6.31. The first-order valence-corrected chi connectivity index (χ1v) is 11.6. The predicted molar refractivity (Wildman–Crippen MR) is 135 cm³/mol. The predicted octanol–water partition coefficient (Wildman–Crippen LogP) is 4.79. The van der Waals surface area contributed by atoms with Gasteiger partial charge in [0, 0.05) is 28.1 Å². The van der Waals surface area contributed by atoms with Crippen LogP contribution in [0.3, 0.4) is 0 Å². The Morgan fingerprint density at radius 2 is 1.71 bits per heavy atom. The molecule has 7 heteroatoms. The molecular weight excluding hydrogens is 450 g/mol. The summed E-state index contributed by atoms with van der Waals surface area (Å²) in [6, 6.07) is 17.7. The van der Waals surface area contributed by atoms with Crippen LogP contribution in [0.25, 0.3) is 10.8 Å². The molecule has 0 saturated carbocycles. The van der Waals surface area contributed by atoms with Crippen LogP contribution in [0.2, 0.25) is 5.02 Å². The van der Waals surface area contributed by atoms with Crippen LogP contribution in [0.1, 0.15) is 43.6 Å². The SMILES string of the molecule is C[C@H](C(=O)NC(C)(C)C)N(Cc1ccccc1Cl)C(=O)CN1C(=O)c2cccc3cccc1c23. The van der Waals surface area contributed by atoms with Crippen molar-refractivity contribution in [2.45, 2.75) is 45.8 Å². The molecule has 176 valence electrons. The first-order chi connectivity index (χ1) is 16.1. The monoisotopic (exact) mass is 477 g/mol. The molecule has 4 rings (SSSR count). The summed E-state index contributed by atoms with van der Waals surface area (Å²) in [5, 5.41) is 5.25. The maximum atomic E-state index is 13.7. The molecule has 0 aliphatic carbocycles. The minimum Gasteiger partial charge on any atom is -0.350 e. The van der Waals surface area contributed by atoms with E-state index in [1.54, 1.807) is 19.1 Å². The Balaban J connectivity index is 1.64. The first-order valence-electron chi connectivity index (χ1n) is 11.3. The van der Waals surface area contributed by atoms with Gasteiger partial charge in [-0.2, -0.15) is 0 Å². The fourth-order valence-corrected chi connectivity index (χ4v) is 4.42. The molecule has 6 nitrogen and oxygen atoms in total. The highest BCUT2D eigenvalue weighted by atomic mass is 35.5. The summed E-state index contributed by atoms with van der Waals surface area (Å²) in [4.78, 5) is 42.8. The van der Waals surface area contributed by atoms with Crippen LogP contribution in [0, 0.1) is 0 Å². The summed E-state index contributed by atoms with van der Waals surface area (Å²) in [7, 11) is 0. The molecule has 1 N–H and O–H groups in total. The number of nitrogens with one attached hydrogen (secondary N) is 1. The first kappa shape index (κ1) is 23.8. The molecule has 0 aromatic heterocycles. The van der Waals surface area contributed by atoms with E-state index in [1.807, 2.05) is 69.3 Å². The molecule has 3 aromatic carbocycles. The molecule has 0 radical (unpaired) electrons. The smallest absolute Gasteiger partial charge is 0.259 e. The molecule has 0 bridgehead atoms. The van der Waals surface area contributed by atoms with Crippen LogP contribution in [0.5, 0.6) is 0 Å². The van der Waals surface area contributed by atoms with Gasteiger partial charge in [0.1, 0.15) is 12.6 Å². The number of amides is 3. The molecule has 3 amide bonds. The summed E-state index contributed by atoms with van der Waals surface area (Å²) in [6.45, 7) is 7.33. The van der Waals surface area contributed by atoms with E-state index in [-0.39, 0.29) is 30.8 Å². The van der Waals surface area contributed by atoms with Crippen molar-refractivity contribution in [3.63, 3.8) is 0 Å². The number of carbonyl (C=O) groups excluding carboxylic acids is 3. The number of halogens is 1. The fraction of sp³-hybridized carbons (Fsp3) is 0.296. The number of benzene rings is 3. The van der Waals surface area contributed by atoms with Gasteiger partial charge in [-0.25, -0.2) is 0 Å². The maximum absolute atomic E-state index is 13.7. The van der Waals surface area contributed by atoms with Crippen molar-refractivity contribution in [1.29, 1.82) is 0 Å². The van der Waals surface area contributed by atoms with Crippen LogP contribution >= 0.6 is 11.6 Å². The fourth-order valence-electron chi connectivity index (χ4n) is 4.23. The Morgan fingerprint density at radius 1 is 1.03 bits per heavy atom. The Hall–Kier alpha value is -3.38. The van der Waals surface area contributed by atoms with Crippen LogP contribution in [-0.4, -0.2) is 40.7 Å². The molecule has 0 unspecified atom stereocenters. The van der Waals surface area contributed by atoms with Gasteiger partial charge in [0.2, 0.25) is 11.8 Å². The van der Waals surface area contributed by atoms with Gasteiger partial charge in [0.25, 0.3) is 5.91 Å². The Labute approximate surface area is 204 Å². The van der Waals surface area contributed by atoms with Crippen molar-refractivity contribution >= 4 is 45.8 Å². The lowest BCUT2D eigenvalue weighted by molar-refractivity contribution is -0.140. The van der Waals surface area contributed by atoms with Gasteiger partial charge in [-0.1, -0.05) is 54.1 Å². The van der Waals surface area contributed by atoms with Gasteiger partial charge in [-0.05, 0) is 56.8 Å². The van der Waals surface area contributed by atoms with E-state index in [0.717, 1.165) is 16.3 Å². The number of hydrogen-bond donors (Lipinski definition) is 1. The molecule has 1 aliphatic heterocycles. The lowest BCUT2D eigenvalue weighted by Crippen LogP contribution is -2.54. The Morgan fingerprint density at radius 3 is 2.38 bits per heavy atom. The van der Waals surface area contributed by atoms with Gasteiger partial charge in [-0.3, -0.25) is 19.3 Å². The molecule has 1 heterocycles. The summed E-state index contributed by atoms with van der Waals surface area (Å²) >= 11 is 6.37. The van der Waals surface area contributed by atoms with Gasteiger partial charge >= 0.3 is 0 Å². The zero-order valence-corrected chi connectivity index (χ0v) is 20.5. The topological polar surface area (TPSA) is 69.7 Å². The molecular formula is C27H28ClN3O3. The second-order valence-corrected chi connectivity index (χ2v) is 10.0. The number of carbonyl (C=O) groups is 3. The van der Waals surface area contributed by atoms with Crippen LogP contribution in [-0.2, 0) is 16.1 Å². The van der Waals surface area contributed by atoms with E-state index in [2.05, 4.69) is 5.32 Å². The third-order valence-electron chi connectivity index (χ3n) is 5.91. The summed E-state index contributed by atoms with van der Waals surface area (Å²) in [6.07, 6.45) is 0. The van der Waals surface area contributed by atoms with Crippen LogP contribution in [0.4, 0.5) is 5.69 Å². The molecule has 1 atom stereocenters. The zero-order chi connectivity index (χ0) is 24.6. The average Bonchev–Trinajstić information content (AvgIpc) is 3.05. The van der Waals surface area contributed by atoms with Gasteiger partial charge < -0.3 is 10.2 Å². The van der Waals surface area contributed by atoms with Gasteiger partial charge in [0.05, 0.1) is 5.69 Å². The third kappa shape index (κ3) is 4.64. The van der Waals surface area contributed by atoms with E-state index >= 15 is 0 Å². The van der Waals surface area contributed by atoms with Crippen LogP contribution < -0.4 is 10.2 Å². The largest absolute Gasteiger partial charge is 0.350 e. The van der Waals surface area contributed by atoms with Crippen molar-refractivity contribution in [2.24, 2.45) is 0 Å². The molecule has 0 saturated heterocycles. The number of nitrogens with zero attached hydrogens (tertiary/aromatic N) is 2. The van der Waals surface area contributed by atoms with Crippen molar-refractivity contribution in [2.75, 3.05) is 11.4 Å². The molecule has 0 spiro atoms. The van der Waals surface area contributed by atoms with Crippen LogP contribution in [0.15, 0.2) is 60.7 Å². The molecule has 34 heavy (non-hydrogen) atoms. The number of rotatable bonds is 6. The maximum Gasteiger partial charge on any atom is 0.259 e. The summed E-state index contributed by atoms with van der Waals surface area (Å²) in [5.74, 6) is -0.828. The van der Waals surface area contributed by atoms with E-state index in [1.165, 1.54) is 9.80 Å². The Bertz CT molecular complexity index is 1280. The third-order valence-corrected chi connectivity index (χ3v) is 6.28. The Kier molecular flexibility index (Phi) is 6.36. The standard InChI is InChI=1S/C27H28ClN3O3/c1-17(25(33)29-27(2,3)4)30(15-19-9-5-6-13-21(19)28)23(32)16-31-22-14-8-11-18-10-7-12-20(24(18)22)26(31)34/h5-14,17H,15-16H2,1-4H3,(H,29,33)/t17-/m1/s1. The van der Waals surface area contributed by atoms with E-state index < -0.39 is 11.6 Å². The summed E-state index contributed by atoms with van der Waals surface area (Å²) in [5.41, 5.74) is 1.56.